The summed E-state index contributed by atoms with van der Waals surface area (Å²) in [5.74, 6) is 0.826. The SMILES string of the molecule is CCCCN(CCBr)C(=O)c1cccc(OC(C)C)c1. The molecule has 1 rings (SSSR count). The second-order valence-corrected chi connectivity index (χ2v) is 5.82. The molecule has 1 aromatic carbocycles. The van der Waals surface area contributed by atoms with Crippen LogP contribution in [0.5, 0.6) is 5.75 Å². The first-order valence-electron chi connectivity index (χ1n) is 7.20. The third-order valence-corrected chi connectivity index (χ3v) is 3.23. The van der Waals surface area contributed by atoms with E-state index in [9.17, 15) is 4.79 Å². The average molecular weight is 342 g/mol. The van der Waals surface area contributed by atoms with Crippen molar-refractivity contribution in [2.75, 3.05) is 18.4 Å². The molecule has 0 N–H and O–H groups in total. The predicted octanol–water partition coefficient (Wildman–Crippen LogP) is 4.11. The van der Waals surface area contributed by atoms with E-state index in [1.807, 2.05) is 43.0 Å². The number of halogens is 1. The molecule has 1 amide bonds. The maximum atomic E-state index is 12.5. The highest BCUT2D eigenvalue weighted by Crippen LogP contribution is 2.17. The fraction of sp³-hybridized carbons (Fsp3) is 0.562. The summed E-state index contributed by atoms with van der Waals surface area (Å²) >= 11 is 3.41. The monoisotopic (exact) mass is 341 g/mol. The Morgan fingerprint density at radius 2 is 2.10 bits per heavy atom. The van der Waals surface area contributed by atoms with E-state index in [0.29, 0.717) is 5.56 Å². The first-order chi connectivity index (χ1) is 9.58. The summed E-state index contributed by atoms with van der Waals surface area (Å²) in [6.07, 6.45) is 2.22. The first kappa shape index (κ1) is 17.0. The lowest BCUT2D eigenvalue weighted by Gasteiger charge is -2.22. The molecule has 4 heteroatoms. The second kappa shape index (κ2) is 9.01. The quantitative estimate of drug-likeness (QED) is 0.666. The zero-order chi connectivity index (χ0) is 15.0. The fourth-order valence-electron chi connectivity index (χ4n) is 1.92. The molecule has 1 aromatic rings. The number of benzene rings is 1. The van der Waals surface area contributed by atoms with Crippen LogP contribution in [-0.4, -0.2) is 35.3 Å². The molecule has 0 aliphatic rings. The van der Waals surface area contributed by atoms with E-state index >= 15 is 0 Å². The molecule has 0 bridgehead atoms. The van der Waals surface area contributed by atoms with Crippen molar-refractivity contribution in [1.82, 2.24) is 4.90 Å². The van der Waals surface area contributed by atoms with Gasteiger partial charge in [0.15, 0.2) is 0 Å². The molecule has 0 radical (unpaired) electrons. The summed E-state index contributed by atoms with van der Waals surface area (Å²) in [5.41, 5.74) is 0.695. The van der Waals surface area contributed by atoms with E-state index in [1.165, 1.54) is 0 Å². The summed E-state index contributed by atoms with van der Waals surface area (Å²) < 4.78 is 5.65. The maximum Gasteiger partial charge on any atom is 0.254 e. The van der Waals surface area contributed by atoms with Crippen LogP contribution in [0.3, 0.4) is 0 Å². The Labute approximate surface area is 130 Å². The number of carbonyl (C=O) groups is 1. The summed E-state index contributed by atoms with van der Waals surface area (Å²) in [5, 5.41) is 0.796. The van der Waals surface area contributed by atoms with E-state index in [1.54, 1.807) is 0 Å². The number of hydrogen-bond acceptors (Lipinski definition) is 2. The molecule has 0 saturated carbocycles. The third kappa shape index (κ3) is 5.53. The highest BCUT2D eigenvalue weighted by molar-refractivity contribution is 9.09. The molecule has 3 nitrogen and oxygen atoms in total. The summed E-state index contributed by atoms with van der Waals surface area (Å²) in [6.45, 7) is 7.62. The lowest BCUT2D eigenvalue weighted by Crippen LogP contribution is -2.33. The van der Waals surface area contributed by atoms with Gasteiger partial charge in [-0.05, 0) is 38.5 Å². The van der Waals surface area contributed by atoms with E-state index in [4.69, 9.17) is 4.74 Å². The van der Waals surface area contributed by atoms with Crippen LogP contribution in [0.1, 0.15) is 44.0 Å². The first-order valence-corrected chi connectivity index (χ1v) is 8.32. The molecule has 0 fully saturated rings. The third-order valence-electron chi connectivity index (χ3n) is 2.88. The van der Waals surface area contributed by atoms with Crippen molar-refractivity contribution in [3.63, 3.8) is 0 Å². The summed E-state index contributed by atoms with van der Waals surface area (Å²) in [7, 11) is 0. The van der Waals surface area contributed by atoms with Gasteiger partial charge in [0.05, 0.1) is 6.10 Å². The molecule has 20 heavy (non-hydrogen) atoms. The number of hydrogen-bond donors (Lipinski definition) is 0. The van der Waals surface area contributed by atoms with Crippen molar-refractivity contribution >= 4 is 21.8 Å². The van der Waals surface area contributed by atoms with Gasteiger partial charge in [0.1, 0.15) is 5.75 Å². The van der Waals surface area contributed by atoms with Crippen molar-refractivity contribution in [2.45, 2.75) is 39.7 Å². The Bertz CT molecular complexity index is 421. The van der Waals surface area contributed by atoms with Gasteiger partial charge in [-0.2, -0.15) is 0 Å². The zero-order valence-corrected chi connectivity index (χ0v) is 14.1. The van der Waals surface area contributed by atoms with Crippen LogP contribution in [0.25, 0.3) is 0 Å². The van der Waals surface area contributed by atoms with Crippen molar-refractivity contribution < 1.29 is 9.53 Å². The highest BCUT2D eigenvalue weighted by Gasteiger charge is 2.15. The molecule has 0 aliphatic carbocycles. The Balaban J connectivity index is 2.82. The smallest absolute Gasteiger partial charge is 0.254 e. The van der Waals surface area contributed by atoms with Crippen LogP contribution in [0, 0.1) is 0 Å². The van der Waals surface area contributed by atoms with Crippen molar-refractivity contribution in [3.05, 3.63) is 29.8 Å². The van der Waals surface area contributed by atoms with Crippen LogP contribution in [0.4, 0.5) is 0 Å². The van der Waals surface area contributed by atoms with E-state index < -0.39 is 0 Å². The van der Waals surface area contributed by atoms with E-state index in [0.717, 1.165) is 37.0 Å². The highest BCUT2D eigenvalue weighted by atomic mass is 79.9. The minimum absolute atomic E-state index is 0.0760. The lowest BCUT2D eigenvalue weighted by atomic mass is 10.1. The van der Waals surface area contributed by atoms with Crippen LogP contribution < -0.4 is 4.74 Å². The standard InChI is InChI=1S/C16H24BrNO2/c1-4-5-10-18(11-9-17)16(19)14-7-6-8-15(12-14)20-13(2)3/h6-8,12-13H,4-5,9-11H2,1-3H3. The predicted molar refractivity (Wildman–Crippen MR) is 86.8 cm³/mol. The number of amides is 1. The Kier molecular flexibility index (Phi) is 7.67. The number of unbranched alkanes of at least 4 members (excludes halogenated alkanes) is 1. The molecule has 112 valence electrons. The number of carbonyl (C=O) groups excluding carboxylic acids is 1. The average Bonchev–Trinajstić information content (AvgIpc) is 2.42. The maximum absolute atomic E-state index is 12.5. The molecule has 0 aromatic heterocycles. The largest absolute Gasteiger partial charge is 0.491 e. The van der Waals surface area contributed by atoms with Gasteiger partial charge in [-0.15, -0.1) is 0 Å². The van der Waals surface area contributed by atoms with Gasteiger partial charge in [0, 0.05) is 24.0 Å². The Morgan fingerprint density at radius 3 is 2.70 bits per heavy atom. The van der Waals surface area contributed by atoms with E-state index in [-0.39, 0.29) is 12.0 Å². The minimum atomic E-state index is 0.0760. The van der Waals surface area contributed by atoms with Crippen molar-refractivity contribution in [2.24, 2.45) is 0 Å². The minimum Gasteiger partial charge on any atom is -0.491 e. The molecule has 0 unspecified atom stereocenters. The van der Waals surface area contributed by atoms with E-state index in [2.05, 4.69) is 22.9 Å². The van der Waals surface area contributed by atoms with Crippen LogP contribution in [0.2, 0.25) is 0 Å². The molecular formula is C16H24BrNO2. The fourth-order valence-corrected chi connectivity index (χ4v) is 2.35. The number of rotatable bonds is 8. The van der Waals surface area contributed by atoms with Gasteiger partial charge in [-0.25, -0.2) is 0 Å². The molecule has 0 aliphatic heterocycles. The number of alkyl halides is 1. The number of ether oxygens (including phenoxy) is 1. The van der Waals surface area contributed by atoms with Crippen LogP contribution in [0.15, 0.2) is 24.3 Å². The summed E-state index contributed by atoms with van der Waals surface area (Å²) in [6, 6.07) is 7.44. The number of nitrogens with zero attached hydrogens (tertiary/aromatic N) is 1. The van der Waals surface area contributed by atoms with Gasteiger partial charge in [-0.3, -0.25) is 4.79 Å². The van der Waals surface area contributed by atoms with Gasteiger partial charge in [0.2, 0.25) is 0 Å². The van der Waals surface area contributed by atoms with Crippen LogP contribution >= 0.6 is 15.9 Å². The molecule has 0 atom stereocenters. The Hall–Kier alpha value is -1.03. The van der Waals surface area contributed by atoms with Gasteiger partial charge < -0.3 is 9.64 Å². The summed E-state index contributed by atoms with van der Waals surface area (Å²) in [4.78, 5) is 14.4. The molecule has 0 spiro atoms. The van der Waals surface area contributed by atoms with Crippen molar-refractivity contribution in [1.29, 1.82) is 0 Å². The van der Waals surface area contributed by atoms with Gasteiger partial charge >= 0.3 is 0 Å². The zero-order valence-electron chi connectivity index (χ0n) is 12.6. The topological polar surface area (TPSA) is 29.5 Å². The van der Waals surface area contributed by atoms with Gasteiger partial charge in [0.25, 0.3) is 5.91 Å². The molecular weight excluding hydrogens is 318 g/mol. The van der Waals surface area contributed by atoms with Gasteiger partial charge in [-0.1, -0.05) is 35.3 Å². The Morgan fingerprint density at radius 1 is 1.35 bits per heavy atom. The second-order valence-electron chi connectivity index (χ2n) is 5.03. The van der Waals surface area contributed by atoms with Crippen LogP contribution in [-0.2, 0) is 0 Å². The van der Waals surface area contributed by atoms with Crippen molar-refractivity contribution in [3.8, 4) is 5.75 Å². The molecule has 0 heterocycles. The lowest BCUT2D eigenvalue weighted by molar-refractivity contribution is 0.0763. The molecule has 0 saturated heterocycles. The normalized spacial score (nSPS) is 10.7.